The van der Waals surface area contributed by atoms with Gasteiger partial charge in [-0.3, -0.25) is 0 Å². The quantitative estimate of drug-likeness (QED) is 0.678. The fourth-order valence-corrected chi connectivity index (χ4v) is 4.22. The molecule has 2 heteroatoms. The lowest BCUT2D eigenvalue weighted by Gasteiger charge is -2.49. The van der Waals surface area contributed by atoms with Crippen LogP contribution in [0.5, 0.6) is 5.75 Å². The smallest absolute Gasteiger partial charge is 0.119 e. The Morgan fingerprint density at radius 1 is 1.18 bits per heavy atom. The number of hydrogen-bond donors (Lipinski definition) is 0. The zero-order valence-electron chi connectivity index (χ0n) is 13.7. The maximum Gasteiger partial charge on any atom is 0.119 e. The van der Waals surface area contributed by atoms with E-state index in [2.05, 4.69) is 37.3 Å². The van der Waals surface area contributed by atoms with Crippen molar-refractivity contribution in [3.63, 3.8) is 0 Å². The van der Waals surface area contributed by atoms with E-state index in [-0.39, 0.29) is 0 Å². The number of nitrogens with zero attached hydrogens (tertiary/aromatic N) is 1. The van der Waals surface area contributed by atoms with Gasteiger partial charge in [0.2, 0.25) is 0 Å². The first-order valence-corrected chi connectivity index (χ1v) is 8.87. The summed E-state index contributed by atoms with van der Waals surface area (Å²) in [5.74, 6) is 2.05. The third-order valence-electron chi connectivity index (χ3n) is 5.71. The van der Waals surface area contributed by atoms with Crippen LogP contribution >= 0.6 is 0 Å². The third kappa shape index (κ3) is 3.29. The molecule has 0 amide bonds. The van der Waals surface area contributed by atoms with Gasteiger partial charge in [-0.15, -0.1) is 0 Å². The Labute approximate surface area is 134 Å². The van der Waals surface area contributed by atoms with Gasteiger partial charge in [0.15, 0.2) is 0 Å². The van der Waals surface area contributed by atoms with E-state index in [1.807, 2.05) is 0 Å². The van der Waals surface area contributed by atoms with Gasteiger partial charge >= 0.3 is 0 Å². The molecule has 22 heavy (non-hydrogen) atoms. The molecule has 0 N–H and O–H groups in total. The molecule has 0 aromatic heterocycles. The molecule has 0 saturated heterocycles. The molecular weight excluding hydrogens is 270 g/mol. The van der Waals surface area contributed by atoms with Gasteiger partial charge in [-0.25, -0.2) is 0 Å². The summed E-state index contributed by atoms with van der Waals surface area (Å²) in [6.07, 6.45) is 9.79. The Bertz CT molecular complexity index is 512. The van der Waals surface area contributed by atoms with Crippen molar-refractivity contribution in [2.24, 2.45) is 11.3 Å². The van der Waals surface area contributed by atoms with Gasteiger partial charge in [-0.05, 0) is 74.0 Å². The SMILES string of the molecule is CCCCOc1ccc(C2CCC3(CC2)CC(C#N)C3)cc1. The second kappa shape index (κ2) is 6.73. The van der Waals surface area contributed by atoms with Crippen molar-refractivity contribution in [1.82, 2.24) is 0 Å². The first-order valence-electron chi connectivity index (χ1n) is 8.87. The van der Waals surface area contributed by atoms with Crippen LogP contribution in [-0.2, 0) is 0 Å². The van der Waals surface area contributed by atoms with Gasteiger partial charge in [0.25, 0.3) is 0 Å². The van der Waals surface area contributed by atoms with E-state index in [9.17, 15) is 0 Å². The average molecular weight is 297 g/mol. The van der Waals surface area contributed by atoms with Gasteiger partial charge in [-0.2, -0.15) is 5.26 Å². The maximum absolute atomic E-state index is 8.97. The highest BCUT2D eigenvalue weighted by molar-refractivity contribution is 5.30. The molecular formula is C20H27NO. The highest BCUT2D eigenvalue weighted by Gasteiger charge is 2.46. The average Bonchev–Trinajstić information content (AvgIpc) is 2.54. The lowest BCUT2D eigenvalue weighted by molar-refractivity contribution is 0.0349. The normalized spacial score (nSPS) is 30.5. The Hall–Kier alpha value is -1.49. The lowest BCUT2D eigenvalue weighted by atomic mass is 9.54. The highest BCUT2D eigenvalue weighted by Crippen LogP contribution is 2.56. The van der Waals surface area contributed by atoms with E-state index in [4.69, 9.17) is 10.00 Å². The third-order valence-corrected chi connectivity index (χ3v) is 5.71. The van der Waals surface area contributed by atoms with Crippen LogP contribution in [0.15, 0.2) is 24.3 Å². The van der Waals surface area contributed by atoms with Crippen molar-refractivity contribution in [3.8, 4) is 11.8 Å². The summed E-state index contributed by atoms with van der Waals surface area (Å²) < 4.78 is 5.74. The molecule has 118 valence electrons. The number of rotatable bonds is 5. The minimum atomic E-state index is 0.344. The molecule has 0 aliphatic heterocycles. The zero-order valence-corrected chi connectivity index (χ0v) is 13.7. The molecule has 0 bridgehead atoms. The van der Waals surface area contributed by atoms with Crippen LogP contribution in [0.4, 0.5) is 0 Å². The predicted octanol–water partition coefficient (Wildman–Crippen LogP) is 5.44. The molecule has 2 nitrogen and oxygen atoms in total. The van der Waals surface area contributed by atoms with Crippen molar-refractivity contribution in [3.05, 3.63) is 29.8 Å². The minimum absolute atomic E-state index is 0.344. The van der Waals surface area contributed by atoms with Crippen LogP contribution in [0.25, 0.3) is 0 Å². The first-order chi connectivity index (χ1) is 10.7. The molecule has 2 saturated carbocycles. The number of nitriles is 1. The van der Waals surface area contributed by atoms with Gasteiger partial charge < -0.3 is 4.74 Å². The van der Waals surface area contributed by atoms with E-state index in [1.165, 1.54) is 37.7 Å². The number of benzene rings is 1. The molecule has 0 atom stereocenters. The van der Waals surface area contributed by atoms with Crippen LogP contribution in [-0.4, -0.2) is 6.61 Å². The van der Waals surface area contributed by atoms with Gasteiger partial charge in [0, 0.05) is 5.92 Å². The van der Waals surface area contributed by atoms with E-state index in [0.29, 0.717) is 17.3 Å². The van der Waals surface area contributed by atoms with E-state index in [0.717, 1.165) is 31.6 Å². The second-order valence-electron chi connectivity index (χ2n) is 7.28. The summed E-state index contributed by atoms with van der Waals surface area (Å²) in [6.45, 7) is 3.01. The summed E-state index contributed by atoms with van der Waals surface area (Å²) in [4.78, 5) is 0. The molecule has 0 unspecified atom stereocenters. The Morgan fingerprint density at radius 3 is 2.45 bits per heavy atom. The maximum atomic E-state index is 8.97. The second-order valence-corrected chi connectivity index (χ2v) is 7.28. The number of unbranched alkanes of at least 4 members (excludes halogenated alkanes) is 1. The molecule has 2 fully saturated rings. The topological polar surface area (TPSA) is 33.0 Å². The van der Waals surface area contributed by atoms with Gasteiger partial charge in [0.05, 0.1) is 12.7 Å². The van der Waals surface area contributed by atoms with Crippen LogP contribution in [0.2, 0.25) is 0 Å². The van der Waals surface area contributed by atoms with Crippen molar-refractivity contribution < 1.29 is 4.74 Å². The van der Waals surface area contributed by atoms with Crippen molar-refractivity contribution >= 4 is 0 Å². The van der Waals surface area contributed by atoms with E-state index >= 15 is 0 Å². The van der Waals surface area contributed by atoms with Crippen molar-refractivity contribution in [2.45, 2.75) is 64.2 Å². The molecule has 3 rings (SSSR count). The molecule has 1 aromatic carbocycles. The summed E-state index contributed by atoms with van der Waals surface area (Å²) in [7, 11) is 0. The van der Waals surface area contributed by atoms with Crippen LogP contribution in [0.3, 0.4) is 0 Å². The first kappa shape index (κ1) is 15.4. The fraction of sp³-hybridized carbons (Fsp3) is 0.650. The number of hydrogen-bond acceptors (Lipinski definition) is 2. The predicted molar refractivity (Wildman–Crippen MR) is 88.8 cm³/mol. The minimum Gasteiger partial charge on any atom is -0.494 e. The van der Waals surface area contributed by atoms with Crippen LogP contribution in [0.1, 0.15) is 69.8 Å². The summed E-state index contributed by atoms with van der Waals surface area (Å²) in [5, 5.41) is 8.97. The van der Waals surface area contributed by atoms with E-state index in [1.54, 1.807) is 0 Å². The molecule has 0 heterocycles. The largest absolute Gasteiger partial charge is 0.494 e. The highest BCUT2D eigenvalue weighted by atomic mass is 16.5. The fourth-order valence-electron chi connectivity index (χ4n) is 4.22. The zero-order chi connectivity index (χ0) is 15.4. The van der Waals surface area contributed by atoms with Gasteiger partial charge in [-0.1, -0.05) is 25.5 Å². The molecule has 2 aliphatic rings. The monoisotopic (exact) mass is 297 g/mol. The van der Waals surface area contributed by atoms with Crippen molar-refractivity contribution in [2.75, 3.05) is 6.61 Å². The molecule has 0 radical (unpaired) electrons. The van der Waals surface area contributed by atoms with E-state index < -0.39 is 0 Å². The van der Waals surface area contributed by atoms with Crippen LogP contribution < -0.4 is 4.74 Å². The molecule has 1 spiro atoms. The summed E-state index contributed by atoms with van der Waals surface area (Å²) in [6, 6.07) is 11.2. The number of ether oxygens (including phenoxy) is 1. The standard InChI is InChI=1S/C20H27NO/c1-2-3-12-22-19-6-4-17(5-7-19)18-8-10-20(11-9-18)13-16(14-20)15-21/h4-7,16,18H,2-3,8-14H2,1H3. The Balaban J connectivity index is 1.50. The lowest BCUT2D eigenvalue weighted by Crippen LogP contribution is -2.39. The summed E-state index contributed by atoms with van der Waals surface area (Å²) >= 11 is 0. The Morgan fingerprint density at radius 2 is 1.86 bits per heavy atom. The Kier molecular flexibility index (Phi) is 4.71. The van der Waals surface area contributed by atoms with Crippen molar-refractivity contribution in [1.29, 1.82) is 5.26 Å². The molecule has 2 aliphatic carbocycles. The van der Waals surface area contributed by atoms with Gasteiger partial charge in [0.1, 0.15) is 5.75 Å². The summed E-state index contributed by atoms with van der Waals surface area (Å²) in [5.41, 5.74) is 1.99. The van der Waals surface area contributed by atoms with Crippen LogP contribution in [0, 0.1) is 22.7 Å². The molecule has 1 aromatic rings.